The van der Waals surface area contributed by atoms with Crippen LogP contribution in [-0.4, -0.2) is 69.7 Å². The maximum atomic E-state index is 14.1. The largest absolute Gasteiger partial charge is 0.343 e. The van der Waals surface area contributed by atoms with Crippen molar-refractivity contribution < 1.29 is 18.0 Å². The van der Waals surface area contributed by atoms with Crippen LogP contribution in [-0.2, 0) is 26.0 Å². The molecule has 3 N–H and O–H groups in total. The number of benzene rings is 1. The molecular weight excluding hydrogens is 572 g/mol. The minimum atomic E-state index is -3.31. The molecule has 2 saturated carbocycles. The Morgan fingerprint density at radius 2 is 1.64 bits per heavy atom. The number of hydrogen-bond acceptors (Lipinski definition) is 5. The minimum Gasteiger partial charge on any atom is -0.343 e. The van der Waals surface area contributed by atoms with Crippen LogP contribution in [0.5, 0.6) is 0 Å². The summed E-state index contributed by atoms with van der Waals surface area (Å²) in [6, 6.07) is 6.54. The Kier molecular flexibility index (Phi) is 10.5. The number of halogens is 1. The fourth-order valence-corrected chi connectivity index (χ4v) is 8.86. The summed E-state index contributed by atoms with van der Waals surface area (Å²) in [4.78, 5) is 29.5. The lowest BCUT2D eigenvalue weighted by molar-refractivity contribution is -0.139. The molecule has 2 heterocycles. The Bertz CT molecular complexity index is 1180. The number of fused-ring (bicyclic) bond motifs is 1. The van der Waals surface area contributed by atoms with E-state index >= 15 is 0 Å². The Morgan fingerprint density at radius 3 is 2.31 bits per heavy atom. The van der Waals surface area contributed by atoms with E-state index in [-0.39, 0.29) is 23.3 Å². The van der Waals surface area contributed by atoms with Crippen molar-refractivity contribution in [2.24, 2.45) is 23.2 Å². The van der Waals surface area contributed by atoms with E-state index in [9.17, 15) is 18.0 Å². The summed E-state index contributed by atoms with van der Waals surface area (Å²) in [6.45, 7) is 2.44. The average molecular weight is 621 g/mol. The second kappa shape index (κ2) is 14.0. The SMILES string of the molecule is CS(=O)(=O)NCC1(C2CCCCC2)CCN(C(=O)C(Cc2ccc(Cl)cc2)NC(=O)C2CC3CCCCC3CN2)CC1. The molecule has 4 atom stereocenters. The summed E-state index contributed by atoms with van der Waals surface area (Å²) in [5, 5.41) is 7.27. The van der Waals surface area contributed by atoms with E-state index in [1.165, 1.54) is 51.2 Å². The maximum Gasteiger partial charge on any atom is 0.245 e. The van der Waals surface area contributed by atoms with Crippen molar-refractivity contribution in [3.63, 3.8) is 0 Å². The third-order valence-corrected chi connectivity index (χ3v) is 11.7. The summed E-state index contributed by atoms with van der Waals surface area (Å²) in [6.07, 6.45) is 14.8. The van der Waals surface area contributed by atoms with Gasteiger partial charge in [-0.25, -0.2) is 13.1 Å². The zero-order valence-corrected chi connectivity index (χ0v) is 26.7. The highest BCUT2D eigenvalue weighted by Gasteiger charge is 2.44. The van der Waals surface area contributed by atoms with Crippen LogP contribution in [0.2, 0.25) is 5.02 Å². The Hall–Kier alpha value is -1.68. The van der Waals surface area contributed by atoms with Crippen molar-refractivity contribution in [1.82, 2.24) is 20.3 Å². The Balaban J connectivity index is 1.28. The highest BCUT2D eigenvalue weighted by atomic mass is 35.5. The second-order valence-electron chi connectivity index (χ2n) is 13.5. The molecule has 0 aromatic heterocycles. The average Bonchev–Trinajstić information content (AvgIpc) is 3.00. The molecule has 1 aromatic rings. The molecular formula is C32H49ClN4O4S. The van der Waals surface area contributed by atoms with Crippen LogP contribution in [0.15, 0.2) is 24.3 Å². The van der Waals surface area contributed by atoms with Crippen molar-refractivity contribution in [3.8, 4) is 0 Å². The van der Waals surface area contributed by atoms with Gasteiger partial charge in [0.2, 0.25) is 21.8 Å². The first-order valence-electron chi connectivity index (χ1n) is 16.1. The number of hydrogen-bond donors (Lipinski definition) is 3. The quantitative estimate of drug-likeness (QED) is 0.382. The number of nitrogens with one attached hydrogen (secondary N) is 3. The molecule has 0 radical (unpaired) electrons. The standard InChI is InChI=1S/C32H49ClN4O4S/c1-42(40,41)35-22-32(26-9-3-2-4-10-26)15-17-37(18-16-32)31(39)29(19-23-11-13-27(33)14-12-23)36-30(38)28-20-24-7-5-6-8-25(24)21-34-28/h11-14,24-26,28-29,34-35H,2-10,15-22H2,1H3,(H,36,38). The number of likely N-dealkylation sites (tertiary alicyclic amines) is 1. The van der Waals surface area contributed by atoms with Gasteiger partial charge in [0.1, 0.15) is 6.04 Å². The zero-order valence-electron chi connectivity index (χ0n) is 25.1. The molecule has 0 bridgehead atoms. The Labute approximate surface area is 257 Å². The predicted octanol–water partition coefficient (Wildman–Crippen LogP) is 4.27. The number of nitrogens with zero attached hydrogens (tertiary/aromatic N) is 1. The van der Waals surface area contributed by atoms with Crippen LogP contribution in [0.3, 0.4) is 0 Å². The highest BCUT2D eigenvalue weighted by Crippen LogP contribution is 2.45. The molecule has 5 rings (SSSR count). The molecule has 234 valence electrons. The first-order chi connectivity index (χ1) is 20.1. The summed E-state index contributed by atoms with van der Waals surface area (Å²) in [5.74, 6) is 1.56. The topological polar surface area (TPSA) is 108 Å². The van der Waals surface area contributed by atoms with E-state index in [2.05, 4.69) is 15.4 Å². The van der Waals surface area contributed by atoms with Gasteiger partial charge in [0.25, 0.3) is 0 Å². The number of amides is 2. The van der Waals surface area contributed by atoms with Crippen LogP contribution in [0, 0.1) is 23.2 Å². The molecule has 42 heavy (non-hydrogen) atoms. The molecule has 4 fully saturated rings. The molecule has 2 amide bonds. The lowest BCUT2D eigenvalue weighted by Crippen LogP contribution is -2.59. The van der Waals surface area contributed by atoms with Gasteiger partial charge in [0.15, 0.2) is 0 Å². The van der Waals surface area contributed by atoms with E-state index in [4.69, 9.17) is 11.6 Å². The molecule has 4 aliphatic rings. The van der Waals surface area contributed by atoms with Crippen molar-refractivity contribution in [2.45, 2.75) is 95.6 Å². The minimum absolute atomic E-state index is 0.0574. The van der Waals surface area contributed by atoms with Gasteiger partial charge < -0.3 is 15.5 Å². The molecule has 2 aliphatic heterocycles. The molecule has 2 aliphatic carbocycles. The normalized spacial score (nSPS) is 27.6. The van der Waals surface area contributed by atoms with E-state index in [0.717, 1.165) is 44.2 Å². The van der Waals surface area contributed by atoms with Crippen LogP contribution >= 0.6 is 11.6 Å². The number of piperidine rings is 2. The van der Waals surface area contributed by atoms with Crippen molar-refractivity contribution in [2.75, 3.05) is 32.4 Å². The molecule has 10 heteroatoms. The van der Waals surface area contributed by atoms with Crippen LogP contribution in [0.25, 0.3) is 0 Å². The van der Waals surface area contributed by atoms with Crippen molar-refractivity contribution in [1.29, 1.82) is 0 Å². The van der Waals surface area contributed by atoms with Gasteiger partial charge in [0.05, 0.1) is 12.3 Å². The van der Waals surface area contributed by atoms with Gasteiger partial charge in [-0.2, -0.15) is 0 Å². The summed E-state index contributed by atoms with van der Waals surface area (Å²) in [7, 11) is -3.31. The van der Waals surface area contributed by atoms with Gasteiger partial charge in [-0.15, -0.1) is 0 Å². The van der Waals surface area contributed by atoms with E-state index in [1.807, 2.05) is 29.2 Å². The van der Waals surface area contributed by atoms with Crippen LogP contribution in [0.4, 0.5) is 0 Å². The number of sulfonamides is 1. The molecule has 4 unspecified atom stereocenters. The lowest BCUT2D eigenvalue weighted by Gasteiger charge is -2.48. The molecule has 8 nitrogen and oxygen atoms in total. The number of carbonyl (C=O) groups excluding carboxylic acids is 2. The highest BCUT2D eigenvalue weighted by molar-refractivity contribution is 7.88. The van der Waals surface area contributed by atoms with Crippen LogP contribution in [0.1, 0.15) is 82.6 Å². The summed E-state index contributed by atoms with van der Waals surface area (Å²) < 4.78 is 26.9. The fraction of sp³-hybridized carbons (Fsp3) is 0.750. The Morgan fingerprint density at radius 1 is 1.00 bits per heavy atom. The van der Waals surface area contributed by atoms with Crippen molar-refractivity contribution >= 4 is 33.4 Å². The molecule has 0 spiro atoms. The summed E-state index contributed by atoms with van der Waals surface area (Å²) >= 11 is 6.12. The van der Waals surface area contributed by atoms with Crippen LogP contribution < -0.4 is 15.4 Å². The monoisotopic (exact) mass is 620 g/mol. The smallest absolute Gasteiger partial charge is 0.245 e. The van der Waals surface area contributed by atoms with E-state index in [0.29, 0.717) is 48.8 Å². The number of rotatable bonds is 9. The van der Waals surface area contributed by atoms with Gasteiger partial charge in [0, 0.05) is 31.1 Å². The first kappa shape index (κ1) is 31.7. The third-order valence-electron chi connectivity index (χ3n) is 10.7. The van der Waals surface area contributed by atoms with E-state index in [1.54, 1.807) is 0 Å². The molecule has 2 saturated heterocycles. The number of carbonyl (C=O) groups is 2. The maximum absolute atomic E-state index is 14.1. The summed E-state index contributed by atoms with van der Waals surface area (Å²) in [5.41, 5.74) is 0.811. The van der Waals surface area contributed by atoms with Gasteiger partial charge in [-0.05, 0) is 85.9 Å². The van der Waals surface area contributed by atoms with Gasteiger partial charge in [-0.1, -0.05) is 62.3 Å². The van der Waals surface area contributed by atoms with Crippen molar-refractivity contribution in [3.05, 3.63) is 34.9 Å². The van der Waals surface area contributed by atoms with E-state index < -0.39 is 16.1 Å². The first-order valence-corrected chi connectivity index (χ1v) is 18.4. The predicted molar refractivity (Wildman–Crippen MR) is 167 cm³/mol. The lowest BCUT2D eigenvalue weighted by atomic mass is 9.64. The fourth-order valence-electron chi connectivity index (χ4n) is 8.18. The third kappa shape index (κ3) is 8.07. The van der Waals surface area contributed by atoms with Gasteiger partial charge >= 0.3 is 0 Å². The second-order valence-corrected chi connectivity index (χ2v) is 15.8. The van der Waals surface area contributed by atoms with Gasteiger partial charge in [-0.3, -0.25) is 9.59 Å². The zero-order chi connectivity index (χ0) is 29.7. The molecule has 1 aromatic carbocycles.